The van der Waals surface area contributed by atoms with E-state index in [4.69, 9.17) is 4.74 Å². The van der Waals surface area contributed by atoms with E-state index in [9.17, 15) is 4.79 Å². The minimum Gasteiger partial charge on any atom is -0.497 e. The molecule has 1 aromatic heterocycles. The topological polar surface area (TPSA) is 67.4 Å². The van der Waals surface area contributed by atoms with Gasteiger partial charge in [-0.05, 0) is 29.7 Å². The second kappa shape index (κ2) is 8.07. The summed E-state index contributed by atoms with van der Waals surface area (Å²) in [4.78, 5) is 23.4. The summed E-state index contributed by atoms with van der Waals surface area (Å²) in [6.45, 7) is 4.50. The van der Waals surface area contributed by atoms with Crippen molar-refractivity contribution in [3.63, 3.8) is 0 Å². The Bertz CT molecular complexity index is 748. The van der Waals surface area contributed by atoms with E-state index in [0.717, 1.165) is 42.2 Å². The highest BCUT2D eigenvalue weighted by Gasteiger charge is 2.20. The molecule has 2 aromatic rings. The first-order valence-electron chi connectivity index (χ1n) is 8.63. The Balaban J connectivity index is 1.53. The maximum absolute atomic E-state index is 12.3. The number of methoxy groups -OCH3 is 1. The lowest BCUT2D eigenvalue weighted by Crippen LogP contribution is -2.40. The van der Waals surface area contributed by atoms with Crippen LogP contribution in [0, 0.1) is 0 Å². The van der Waals surface area contributed by atoms with Crippen molar-refractivity contribution in [1.82, 2.24) is 20.2 Å². The van der Waals surface area contributed by atoms with Gasteiger partial charge in [0.05, 0.1) is 19.3 Å². The fraction of sp³-hybridized carbons (Fsp3) is 0.421. The second-order valence-corrected chi connectivity index (χ2v) is 6.20. The third kappa shape index (κ3) is 4.54. The summed E-state index contributed by atoms with van der Waals surface area (Å²) in [7, 11) is 1.64. The summed E-state index contributed by atoms with van der Waals surface area (Å²) in [6.07, 6.45) is 3.65. The fourth-order valence-corrected chi connectivity index (χ4v) is 2.95. The van der Waals surface area contributed by atoms with Gasteiger partial charge in [-0.15, -0.1) is 0 Å². The Morgan fingerprint density at radius 1 is 1.40 bits per heavy atom. The molecule has 0 unspecified atom stereocenters. The standard InChI is InChI=1S/C19H24N4O2/c1-3-18-20-11-15-7-8-23(12-17(15)22-18)13-19(24)21-10-14-5-4-6-16(9-14)25-2/h4-6,9,11H,3,7-8,10,12-13H2,1-2H3,(H,21,24). The quantitative estimate of drug-likeness (QED) is 0.867. The maximum atomic E-state index is 12.3. The summed E-state index contributed by atoms with van der Waals surface area (Å²) >= 11 is 0. The molecule has 25 heavy (non-hydrogen) atoms. The molecule has 0 aliphatic carbocycles. The van der Waals surface area contributed by atoms with Gasteiger partial charge in [0.1, 0.15) is 11.6 Å². The van der Waals surface area contributed by atoms with E-state index >= 15 is 0 Å². The third-order valence-corrected chi connectivity index (χ3v) is 4.38. The van der Waals surface area contributed by atoms with Crippen molar-refractivity contribution < 1.29 is 9.53 Å². The predicted octanol–water partition coefficient (Wildman–Crippen LogP) is 1.72. The van der Waals surface area contributed by atoms with Gasteiger partial charge in [0.2, 0.25) is 5.91 Å². The first-order chi connectivity index (χ1) is 12.2. The molecular formula is C19H24N4O2. The number of amides is 1. The zero-order valence-electron chi connectivity index (χ0n) is 14.8. The molecule has 0 radical (unpaired) electrons. The Morgan fingerprint density at radius 3 is 3.08 bits per heavy atom. The van der Waals surface area contributed by atoms with Crippen LogP contribution in [0.1, 0.15) is 29.6 Å². The summed E-state index contributed by atoms with van der Waals surface area (Å²) in [5.41, 5.74) is 3.28. The fourth-order valence-electron chi connectivity index (χ4n) is 2.95. The van der Waals surface area contributed by atoms with Gasteiger partial charge in [-0.1, -0.05) is 19.1 Å². The summed E-state index contributed by atoms with van der Waals surface area (Å²) in [5.74, 6) is 1.69. The molecule has 0 saturated carbocycles. The van der Waals surface area contributed by atoms with Gasteiger partial charge in [-0.2, -0.15) is 0 Å². The molecule has 0 bridgehead atoms. The molecule has 1 aliphatic heterocycles. The van der Waals surface area contributed by atoms with Crippen LogP contribution in [-0.2, 0) is 30.7 Å². The van der Waals surface area contributed by atoms with Crippen LogP contribution in [0.2, 0.25) is 0 Å². The summed E-state index contributed by atoms with van der Waals surface area (Å²) in [5, 5.41) is 2.98. The smallest absolute Gasteiger partial charge is 0.234 e. The molecule has 2 heterocycles. The van der Waals surface area contributed by atoms with E-state index in [-0.39, 0.29) is 5.91 Å². The number of aryl methyl sites for hydroxylation is 1. The summed E-state index contributed by atoms with van der Waals surface area (Å²) < 4.78 is 5.20. The number of benzene rings is 1. The molecule has 0 spiro atoms. The highest BCUT2D eigenvalue weighted by Crippen LogP contribution is 2.16. The van der Waals surface area contributed by atoms with Crippen LogP contribution >= 0.6 is 0 Å². The number of carbonyl (C=O) groups is 1. The molecular weight excluding hydrogens is 316 g/mol. The molecule has 0 fully saturated rings. The van der Waals surface area contributed by atoms with Gasteiger partial charge >= 0.3 is 0 Å². The minimum atomic E-state index is 0.0241. The van der Waals surface area contributed by atoms with Crippen molar-refractivity contribution in [2.45, 2.75) is 32.9 Å². The zero-order valence-corrected chi connectivity index (χ0v) is 14.8. The number of ether oxygens (including phenoxy) is 1. The number of hydrogen-bond donors (Lipinski definition) is 1. The van der Waals surface area contributed by atoms with E-state index in [1.807, 2.05) is 37.4 Å². The molecule has 6 nitrogen and oxygen atoms in total. The molecule has 1 N–H and O–H groups in total. The molecule has 6 heteroatoms. The Hall–Kier alpha value is -2.47. The maximum Gasteiger partial charge on any atom is 0.234 e. The van der Waals surface area contributed by atoms with E-state index in [2.05, 4.69) is 20.2 Å². The van der Waals surface area contributed by atoms with Crippen molar-refractivity contribution >= 4 is 5.91 Å². The van der Waals surface area contributed by atoms with Crippen LogP contribution in [0.3, 0.4) is 0 Å². The van der Waals surface area contributed by atoms with Crippen molar-refractivity contribution in [3.05, 3.63) is 53.1 Å². The van der Waals surface area contributed by atoms with Crippen LogP contribution in [0.15, 0.2) is 30.5 Å². The molecule has 1 amide bonds. The largest absolute Gasteiger partial charge is 0.497 e. The van der Waals surface area contributed by atoms with Crippen molar-refractivity contribution in [2.75, 3.05) is 20.2 Å². The van der Waals surface area contributed by atoms with Gasteiger partial charge in [-0.25, -0.2) is 9.97 Å². The number of aromatic nitrogens is 2. The average molecular weight is 340 g/mol. The van der Waals surface area contributed by atoms with E-state index in [1.54, 1.807) is 7.11 Å². The second-order valence-electron chi connectivity index (χ2n) is 6.20. The highest BCUT2D eigenvalue weighted by molar-refractivity contribution is 5.78. The Kier molecular flexibility index (Phi) is 5.60. The van der Waals surface area contributed by atoms with Crippen LogP contribution in [0.4, 0.5) is 0 Å². The SMILES string of the molecule is CCc1ncc2c(n1)CN(CC(=O)NCc1cccc(OC)c1)CC2. The lowest BCUT2D eigenvalue weighted by Gasteiger charge is -2.27. The molecule has 1 aromatic carbocycles. The number of fused-ring (bicyclic) bond motifs is 1. The zero-order chi connectivity index (χ0) is 17.6. The van der Waals surface area contributed by atoms with Crippen molar-refractivity contribution in [1.29, 1.82) is 0 Å². The van der Waals surface area contributed by atoms with Gasteiger partial charge < -0.3 is 10.1 Å². The minimum absolute atomic E-state index is 0.0241. The monoisotopic (exact) mass is 340 g/mol. The van der Waals surface area contributed by atoms with Gasteiger partial charge in [-0.3, -0.25) is 9.69 Å². The normalized spacial score (nSPS) is 14.0. The first-order valence-corrected chi connectivity index (χ1v) is 8.63. The number of hydrogen-bond acceptors (Lipinski definition) is 5. The van der Waals surface area contributed by atoms with Gasteiger partial charge in [0.25, 0.3) is 0 Å². The van der Waals surface area contributed by atoms with E-state index in [1.165, 1.54) is 5.56 Å². The summed E-state index contributed by atoms with van der Waals surface area (Å²) in [6, 6.07) is 7.72. The molecule has 0 saturated heterocycles. The predicted molar refractivity (Wildman–Crippen MR) is 95.2 cm³/mol. The third-order valence-electron chi connectivity index (χ3n) is 4.38. The molecule has 132 valence electrons. The van der Waals surface area contributed by atoms with Crippen LogP contribution in [-0.4, -0.2) is 41.0 Å². The number of carbonyl (C=O) groups excluding carboxylic acids is 1. The van der Waals surface area contributed by atoms with E-state index in [0.29, 0.717) is 19.6 Å². The van der Waals surface area contributed by atoms with Crippen LogP contribution in [0.5, 0.6) is 5.75 Å². The Labute approximate surface area is 148 Å². The molecule has 3 rings (SSSR count). The van der Waals surface area contributed by atoms with E-state index < -0.39 is 0 Å². The lowest BCUT2D eigenvalue weighted by atomic mass is 10.1. The number of rotatable bonds is 6. The number of nitrogens with zero attached hydrogens (tertiary/aromatic N) is 3. The van der Waals surface area contributed by atoms with Crippen LogP contribution < -0.4 is 10.1 Å². The van der Waals surface area contributed by atoms with Crippen LogP contribution in [0.25, 0.3) is 0 Å². The number of nitrogens with one attached hydrogen (secondary N) is 1. The lowest BCUT2D eigenvalue weighted by molar-refractivity contribution is -0.122. The Morgan fingerprint density at radius 2 is 2.28 bits per heavy atom. The molecule has 1 aliphatic rings. The first kappa shape index (κ1) is 17.4. The van der Waals surface area contributed by atoms with Gasteiger partial charge in [0.15, 0.2) is 0 Å². The highest BCUT2D eigenvalue weighted by atomic mass is 16.5. The van der Waals surface area contributed by atoms with Crippen molar-refractivity contribution in [3.8, 4) is 5.75 Å². The molecule has 0 atom stereocenters. The van der Waals surface area contributed by atoms with Crippen molar-refractivity contribution in [2.24, 2.45) is 0 Å². The van der Waals surface area contributed by atoms with Gasteiger partial charge in [0, 0.05) is 32.3 Å². The average Bonchev–Trinajstić information content (AvgIpc) is 2.66.